The maximum Gasteiger partial charge on any atom is 0.125 e. The van der Waals surface area contributed by atoms with Crippen molar-refractivity contribution < 1.29 is 4.42 Å². The van der Waals surface area contributed by atoms with E-state index in [1.54, 1.807) is 12.6 Å². The van der Waals surface area contributed by atoms with Crippen molar-refractivity contribution in [1.29, 1.82) is 0 Å². The number of hydrogen-bond acceptors (Lipinski definition) is 2. The summed E-state index contributed by atoms with van der Waals surface area (Å²) in [5.41, 5.74) is 0. The Bertz CT molecular complexity index is 214. The molecule has 0 atom stereocenters. The highest BCUT2D eigenvalue weighted by Gasteiger charge is 1.89. The Kier molecular flexibility index (Phi) is 2.72. The summed E-state index contributed by atoms with van der Waals surface area (Å²) in [6.07, 6.45) is 3.42. The molecule has 0 aliphatic carbocycles. The van der Waals surface area contributed by atoms with Crippen LogP contribution >= 0.6 is 0 Å². The summed E-state index contributed by atoms with van der Waals surface area (Å²) in [4.78, 5) is 6.01. The zero-order valence-electron chi connectivity index (χ0n) is 6.82. The third-order valence-electron chi connectivity index (χ3n) is 1.14. The Labute approximate surface area is 66.3 Å². The number of hydrogen-bond donors (Lipinski definition) is 0. The standard InChI is InChI=1S/C8H12N2O/c1-10(2)7-9-6-8-4-3-5-11-8/h3-5,7H,6H2,1-2H3. The summed E-state index contributed by atoms with van der Waals surface area (Å²) >= 11 is 0. The normalized spacial score (nSPS) is 10.7. The topological polar surface area (TPSA) is 28.7 Å². The Morgan fingerprint density at radius 1 is 1.64 bits per heavy atom. The molecule has 0 spiro atoms. The van der Waals surface area contributed by atoms with Gasteiger partial charge in [-0.3, -0.25) is 4.99 Å². The van der Waals surface area contributed by atoms with Crippen molar-refractivity contribution in [3.8, 4) is 0 Å². The third-order valence-corrected chi connectivity index (χ3v) is 1.14. The van der Waals surface area contributed by atoms with E-state index in [0.29, 0.717) is 6.54 Å². The fourth-order valence-electron chi connectivity index (χ4n) is 0.697. The molecule has 0 saturated carbocycles. The fraction of sp³-hybridized carbons (Fsp3) is 0.375. The van der Waals surface area contributed by atoms with Crippen molar-refractivity contribution >= 4 is 6.34 Å². The molecule has 0 unspecified atom stereocenters. The Morgan fingerprint density at radius 3 is 3.00 bits per heavy atom. The van der Waals surface area contributed by atoms with Gasteiger partial charge in [0.15, 0.2) is 0 Å². The molecule has 0 aromatic carbocycles. The van der Waals surface area contributed by atoms with Gasteiger partial charge in [0.25, 0.3) is 0 Å². The van der Waals surface area contributed by atoms with Crippen LogP contribution in [-0.4, -0.2) is 25.3 Å². The monoisotopic (exact) mass is 152 g/mol. The largest absolute Gasteiger partial charge is 0.467 e. The molecule has 11 heavy (non-hydrogen) atoms. The van der Waals surface area contributed by atoms with Crippen LogP contribution in [0, 0.1) is 0 Å². The second kappa shape index (κ2) is 3.81. The Hall–Kier alpha value is -1.25. The van der Waals surface area contributed by atoms with Crippen LogP contribution in [0.3, 0.4) is 0 Å². The molecule has 3 heteroatoms. The van der Waals surface area contributed by atoms with Gasteiger partial charge in [-0.1, -0.05) is 0 Å². The van der Waals surface area contributed by atoms with E-state index in [1.807, 2.05) is 31.1 Å². The van der Waals surface area contributed by atoms with E-state index in [9.17, 15) is 0 Å². The molecule has 1 aromatic rings. The lowest BCUT2D eigenvalue weighted by Gasteiger charge is -2.00. The first-order valence-electron chi connectivity index (χ1n) is 3.48. The molecule has 0 radical (unpaired) electrons. The molecule has 1 aromatic heterocycles. The van der Waals surface area contributed by atoms with Gasteiger partial charge in [0, 0.05) is 14.1 Å². The number of nitrogens with zero attached hydrogens (tertiary/aromatic N) is 2. The number of aliphatic imine (C=N–C) groups is 1. The van der Waals surface area contributed by atoms with Crippen molar-refractivity contribution in [1.82, 2.24) is 4.90 Å². The molecule has 0 saturated heterocycles. The molecule has 0 N–H and O–H groups in total. The van der Waals surface area contributed by atoms with Gasteiger partial charge in [-0.15, -0.1) is 0 Å². The van der Waals surface area contributed by atoms with Gasteiger partial charge < -0.3 is 9.32 Å². The second-order valence-corrected chi connectivity index (χ2v) is 2.50. The van der Waals surface area contributed by atoms with Crippen LogP contribution in [0.1, 0.15) is 5.76 Å². The summed E-state index contributed by atoms with van der Waals surface area (Å²) in [7, 11) is 3.87. The molecule has 1 heterocycles. The van der Waals surface area contributed by atoms with Crippen LogP contribution in [0.25, 0.3) is 0 Å². The van der Waals surface area contributed by atoms with E-state index in [2.05, 4.69) is 4.99 Å². The molecular weight excluding hydrogens is 140 g/mol. The molecule has 3 nitrogen and oxygen atoms in total. The van der Waals surface area contributed by atoms with E-state index >= 15 is 0 Å². The van der Waals surface area contributed by atoms with Gasteiger partial charge in [-0.2, -0.15) is 0 Å². The van der Waals surface area contributed by atoms with E-state index in [0.717, 1.165) is 5.76 Å². The van der Waals surface area contributed by atoms with Gasteiger partial charge in [-0.25, -0.2) is 0 Å². The van der Waals surface area contributed by atoms with Crippen LogP contribution in [0.15, 0.2) is 27.8 Å². The van der Waals surface area contributed by atoms with E-state index < -0.39 is 0 Å². The Morgan fingerprint density at radius 2 is 2.45 bits per heavy atom. The lowest BCUT2D eigenvalue weighted by molar-refractivity contribution is 0.511. The minimum absolute atomic E-state index is 0.616. The zero-order valence-corrected chi connectivity index (χ0v) is 6.82. The van der Waals surface area contributed by atoms with Gasteiger partial charge in [0.1, 0.15) is 5.76 Å². The first-order valence-corrected chi connectivity index (χ1v) is 3.48. The molecule has 0 amide bonds. The zero-order chi connectivity index (χ0) is 8.10. The fourth-order valence-corrected chi connectivity index (χ4v) is 0.697. The van der Waals surface area contributed by atoms with Crippen molar-refractivity contribution in [2.45, 2.75) is 6.54 Å². The summed E-state index contributed by atoms with van der Waals surface area (Å²) in [5, 5.41) is 0. The van der Waals surface area contributed by atoms with Crippen LogP contribution in [0.4, 0.5) is 0 Å². The van der Waals surface area contributed by atoms with E-state index in [1.165, 1.54) is 0 Å². The van der Waals surface area contributed by atoms with E-state index in [4.69, 9.17) is 4.42 Å². The lowest BCUT2D eigenvalue weighted by atomic mass is 10.5. The SMILES string of the molecule is CN(C)C=NCc1ccco1. The summed E-state index contributed by atoms with van der Waals surface area (Å²) in [6.45, 7) is 0.616. The predicted octanol–water partition coefficient (Wildman–Crippen LogP) is 1.37. The van der Waals surface area contributed by atoms with Gasteiger partial charge >= 0.3 is 0 Å². The van der Waals surface area contributed by atoms with Gasteiger partial charge in [0.05, 0.1) is 19.1 Å². The molecule has 0 fully saturated rings. The highest BCUT2D eigenvalue weighted by Crippen LogP contribution is 2.00. The van der Waals surface area contributed by atoms with E-state index in [-0.39, 0.29) is 0 Å². The molecule has 0 aliphatic heterocycles. The van der Waals surface area contributed by atoms with Crippen LogP contribution < -0.4 is 0 Å². The quantitative estimate of drug-likeness (QED) is 0.483. The predicted molar refractivity (Wildman–Crippen MR) is 44.6 cm³/mol. The lowest BCUT2D eigenvalue weighted by Crippen LogP contribution is -2.07. The molecular formula is C8H12N2O. The maximum absolute atomic E-state index is 5.08. The third kappa shape index (κ3) is 2.89. The highest BCUT2D eigenvalue weighted by atomic mass is 16.3. The molecule has 60 valence electrons. The molecule has 0 bridgehead atoms. The van der Waals surface area contributed by atoms with Crippen LogP contribution in [0.5, 0.6) is 0 Å². The average Bonchev–Trinajstić information content (AvgIpc) is 2.39. The number of furan rings is 1. The van der Waals surface area contributed by atoms with Crippen molar-refractivity contribution in [3.63, 3.8) is 0 Å². The smallest absolute Gasteiger partial charge is 0.125 e. The van der Waals surface area contributed by atoms with Crippen LogP contribution in [0.2, 0.25) is 0 Å². The first-order chi connectivity index (χ1) is 5.29. The Balaban J connectivity index is 2.34. The van der Waals surface area contributed by atoms with Crippen molar-refractivity contribution in [2.75, 3.05) is 14.1 Å². The minimum atomic E-state index is 0.616. The summed E-state index contributed by atoms with van der Waals surface area (Å²) in [5.74, 6) is 0.892. The first kappa shape index (κ1) is 7.85. The number of rotatable bonds is 3. The maximum atomic E-state index is 5.08. The molecule has 1 rings (SSSR count). The van der Waals surface area contributed by atoms with Crippen molar-refractivity contribution in [3.05, 3.63) is 24.2 Å². The summed E-state index contributed by atoms with van der Waals surface area (Å²) < 4.78 is 5.08. The average molecular weight is 152 g/mol. The summed E-state index contributed by atoms with van der Waals surface area (Å²) in [6, 6.07) is 3.77. The van der Waals surface area contributed by atoms with Crippen molar-refractivity contribution in [2.24, 2.45) is 4.99 Å². The molecule has 0 aliphatic rings. The van der Waals surface area contributed by atoms with Gasteiger partial charge in [-0.05, 0) is 12.1 Å². The van der Waals surface area contributed by atoms with Gasteiger partial charge in [0.2, 0.25) is 0 Å². The minimum Gasteiger partial charge on any atom is -0.467 e. The second-order valence-electron chi connectivity index (χ2n) is 2.50. The highest BCUT2D eigenvalue weighted by molar-refractivity contribution is 5.53. The van der Waals surface area contributed by atoms with Crippen LogP contribution in [-0.2, 0) is 6.54 Å².